The zero-order valence-corrected chi connectivity index (χ0v) is 9.18. The first kappa shape index (κ1) is 9.59. The number of hydrogen-bond donors (Lipinski definition) is 1. The standard InChI is InChI=1S/C11H14N4O/c1-8-6-15(4-5-16-8)11-9-2-3-12-10(9)13-7-14-11/h2-3,7-8H,4-6H2,1H3,(H,12,13,14)/t8-/m0/s1. The third kappa shape index (κ3) is 1.53. The van der Waals surface area contributed by atoms with Gasteiger partial charge in [-0.1, -0.05) is 0 Å². The van der Waals surface area contributed by atoms with Gasteiger partial charge in [0.25, 0.3) is 0 Å². The van der Waals surface area contributed by atoms with E-state index >= 15 is 0 Å². The first-order valence-electron chi connectivity index (χ1n) is 5.49. The topological polar surface area (TPSA) is 54.0 Å². The van der Waals surface area contributed by atoms with Gasteiger partial charge in [0.15, 0.2) is 0 Å². The van der Waals surface area contributed by atoms with E-state index in [1.165, 1.54) is 0 Å². The molecule has 1 N–H and O–H groups in total. The minimum atomic E-state index is 0.262. The summed E-state index contributed by atoms with van der Waals surface area (Å²) in [6.07, 6.45) is 3.76. The summed E-state index contributed by atoms with van der Waals surface area (Å²) in [4.78, 5) is 13.9. The number of morpholine rings is 1. The molecule has 1 saturated heterocycles. The summed E-state index contributed by atoms with van der Waals surface area (Å²) >= 11 is 0. The Morgan fingerprint density at radius 2 is 2.44 bits per heavy atom. The van der Waals surface area contributed by atoms with Crippen molar-refractivity contribution in [1.29, 1.82) is 0 Å². The number of nitrogens with zero attached hydrogens (tertiary/aromatic N) is 3. The number of hydrogen-bond acceptors (Lipinski definition) is 4. The Morgan fingerprint density at radius 3 is 3.31 bits per heavy atom. The SMILES string of the molecule is C[C@H]1CN(c2ncnc3[nH]ccc23)CCO1. The third-order valence-electron chi connectivity index (χ3n) is 2.87. The van der Waals surface area contributed by atoms with Crippen LogP contribution in [0.5, 0.6) is 0 Å². The normalized spacial score (nSPS) is 21.6. The zero-order chi connectivity index (χ0) is 11.0. The molecule has 1 atom stereocenters. The largest absolute Gasteiger partial charge is 0.375 e. The molecule has 5 heteroatoms. The van der Waals surface area contributed by atoms with Crippen molar-refractivity contribution >= 4 is 16.9 Å². The Morgan fingerprint density at radius 1 is 1.50 bits per heavy atom. The lowest BCUT2D eigenvalue weighted by Crippen LogP contribution is -2.41. The van der Waals surface area contributed by atoms with Crippen LogP contribution >= 0.6 is 0 Å². The van der Waals surface area contributed by atoms with Gasteiger partial charge in [0.1, 0.15) is 17.8 Å². The lowest BCUT2D eigenvalue weighted by Gasteiger charge is -2.32. The van der Waals surface area contributed by atoms with Crippen LogP contribution in [0.4, 0.5) is 5.82 Å². The summed E-state index contributed by atoms with van der Waals surface area (Å²) in [5, 5.41) is 1.08. The van der Waals surface area contributed by atoms with Gasteiger partial charge >= 0.3 is 0 Å². The lowest BCUT2D eigenvalue weighted by atomic mass is 10.2. The van der Waals surface area contributed by atoms with E-state index in [1.54, 1.807) is 6.33 Å². The summed E-state index contributed by atoms with van der Waals surface area (Å²) in [5.41, 5.74) is 0.893. The highest BCUT2D eigenvalue weighted by atomic mass is 16.5. The maximum absolute atomic E-state index is 5.53. The average Bonchev–Trinajstić information content (AvgIpc) is 2.76. The fourth-order valence-electron chi connectivity index (χ4n) is 2.12. The molecular weight excluding hydrogens is 204 g/mol. The predicted molar refractivity (Wildman–Crippen MR) is 61.5 cm³/mol. The molecule has 0 amide bonds. The number of rotatable bonds is 1. The molecule has 16 heavy (non-hydrogen) atoms. The number of ether oxygens (including phenoxy) is 1. The number of aromatic nitrogens is 3. The van der Waals surface area contributed by atoms with Gasteiger partial charge in [-0.25, -0.2) is 9.97 Å². The second-order valence-electron chi connectivity index (χ2n) is 4.06. The van der Waals surface area contributed by atoms with Crippen molar-refractivity contribution in [3.8, 4) is 0 Å². The number of H-pyrrole nitrogens is 1. The molecule has 0 saturated carbocycles. The van der Waals surface area contributed by atoms with Crippen molar-refractivity contribution in [2.45, 2.75) is 13.0 Å². The maximum Gasteiger partial charge on any atom is 0.142 e. The molecule has 1 aliphatic heterocycles. The average molecular weight is 218 g/mol. The maximum atomic E-state index is 5.53. The molecule has 1 fully saturated rings. The van der Waals surface area contributed by atoms with Crippen LogP contribution in [0.25, 0.3) is 11.0 Å². The molecule has 3 heterocycles. The van der Waals surface area contributed by atoms with Gasteiger partial charge in [-0.05, 0) is 13.0 Å². The Labute approximate surface area is 93.5 Å². The molecular formula is C11H14N4O. The highest BCUT2D eigenvalue weighted by Crippen LogP contribution is 2.23. The Balaban J connectivity index is 2.01. The minimum absolute atomic E-state index is 0.262. The molecule has 0 spiro atoms. The molecule has 5 nitrogen and oxygen atoms in total. The summed E-state index contributed by atoms with van der Waals surface area (Å²) in [6.45, 7) is 4.62. The highest BCUT2D eigenvalue weighted by Gasteiger charge is 2.19. The predicted octanol–water partition coefficient (Wildman–Crippen LogP) is 1.18. The zero-order valence-electron chi connectivity index (χ0n) is 9.18. The number of fused-ring (bicyclic) bond motifs is 1. The van der Waals surface area contributed by atoms with E-state index in [1.807, 2.05) is 12.3 Å². The van der Waals surface area contributed by atoms with Crippen LogP contribution in [0.15, 0.2) is 18.6 Å². The van der Waals surface area contributed by atoms with Gasteiger partial charge in [0.2, 0.25) is 0 Å². The number of anilines is 1. The second-order valence-corrected chi connectivity index (χ2v) is 4.06. The van der Waals surface area contributed by atoms with E-state index in [0.717, 1.165) is 36.5 Å². The van der Waals surface area contributed by atoms with Crippen molar-refractivity contribution < 1.29 is 4.74 Å². The molecule has 0 radical (unpaired) electrons. The summed E-state index contributed by atoms with van der Waals surface area (Å²) in [6, 6.07) is 2.02. The van der Waals surface area contributed by atoms with Crippen LogP contribution in [0.2, 0.25) is 0 Å². The van der Waals surface area contributed by atoms with Gasteiger partial charge < -0.3 is 14.6 Å². The van der Waals surface area contributed by atoms with Gasteiger partial charge in [0, 0.05) is 19.3 Å². The Bertz CT molecular complexity index is 495. The fourth-order valence-corrected chi connectivity index (χ4v) is 2.12. The second kappa shape index (κ2) is 3.75. The summed E-state index contributed by atoms with van der Waals surface area (Å²) in [7, 11) is 0. The molecule has 2 aromatic rings. The van der Waals surface area contributed by atoms with E-state index < -0.39 is 0 Å². The quantitative estimate of drug-likeness (QED) is 0.781. The molecule has 1 aliphatic rings. The van der Waals surface area contributed by atoms with Crippen molar-refractivity contribution in [2.24, 2.45) is 0 Å². The first-order chi connectivity index (χ1) is 7.84. The van der Waals surface area contributed by atoms with Gasteiger partial charge in [0.05, 0.1) is 18.1 Å². The summed E-state index contributed by atoms with van der Waals surface area (Å²) in [5.74, 6) is 1.00. The number of aromatic amines is 1. The van der Waals surface area contributed by atoms with Crippen LogP contribution in [0.1, 0.15) is 6.92 Å². The third-order valence-corrected chi connectivity index (χ3v) is 2.87. The van der Waals surface area contributed by atoms with E-state index in [9.17, 15) is 0 Å². The number of nitrogens with one attached hydrogen (secondary N) is 1. The van der Waals surface area contributed by atoms with E-state index in [2.05, 4.69) is 26.8 Å². The van der Waals surface area contributed by atoms with Crippen molar-refractivity contribution in [3.63, 3.8) is 0 Å². The molecule has 2 aromatic heterocycles. The molecule has 0 aliphatic carbocycles. The smallest absolute Gasteiger partial charge is 0.142 e. The van der Waals surface area contributed by atoms with Gasteiger partial charge in [-0.3, -0.25) is 0 Å². The molecule has 0 aromatic carbocycles. The van der Waals surface area contributed by atoms with E-state index in [4.69, 9.17) is 4.74 Å². The Kier molecular flexibility index (Phi) is 2.25. The van der Waals surface area contributed by atoms with Crippen LogP contribution < -0.4 is 4.90 Å². The van der Waals surface area contributed by atoms with Crippen LogP contribution in [0, 0.1) is 0 Å². The lowest BCUT2D eigenvalue weighted by molar-refractivity contribution is 0.0530. The van der Waals surface area contributed by atoms with E-state index in [0.29, 0.717) is 0 Å². The highest BCUT2D eigenvalue weighted by molar-refractivity contribution is 5.87. The minimum Gasteiger partial charge on any atom is -0.375 e. The van der Waals surface area contributed by atoms with Gasteiger partial charge in [-0.2, -0.15) is 0 Å². The summed E-state index contributed by atoms with van der Waals surface area (Å²) < 4.78 is 5.53. The van der Waals surface area contributed by atoms with Crippen LogP contribution in [0.3, 0.4) is 0 Å². The van der Waals surface area contributed by atoms with Gasteiger partial charge in [-0.15, -0.1) is 0 Å². The van der Waals surface area contributed by atoms with Crippen LogP contribution in [-0.4, -0.2) is 40.8 Å². The van der Waals surface area contributed by atoms with Crippen molar-refractivity contribution in [3.05, 3.63) is 18.6 Å². The van der Waals surface area contributed by atoms with Crippen LogP contribution in [-0.2, 0) is 4.74 Å². The van der Waals surface area contributed by atoms with Crippen molar-refractivity contribution in [1.82, 2.24) is 15.0 Å². The van der Waals surface area contributed by atoms with Crippen molar-refractivity contribution in [2.75, 3.05) is 24.6 Å². The fraction of sp³-hybridized carbons (Fsp3) is 0.455. The first-order valence-corrected chi connectivity index (χ1v) is 5.49. The molecule has 0 bridgehead atoms. The Hall–Kier alpha value is -1.62. The monoisotopic (exact) mass is 218 g/mol. The molecule has 84 valence electrons. The molecule has 0 unspecified atom stereocenters. The molecule has 3 rings (SSSR count). The van der Waals surface area contributed by atoms with E-state index in [-0.39, 0.29) is 6.10 Å².